The Morgan fingerprint density at radius 2 is 1.88 bits per heavy atom. The number of aliphatic hydroxyl groups is 1. The summed E-state index contributed by atoms with van der Waals surface area (Å²) < 4.78 is 65.8. The number of benzene rings is 1. The standard InChI is InChI=1S/C18H16F3N5O5S2/c19-18(20,21)10-1-3-11(4-2-10)33(30,31)26-6-5-25(8-12(26)16(28)29)17-24-15-13(32-17)7-22-14(9-27)23-15/h1-4,7,12,27H,5-6,8-9H2,(H,28,29)/t12-/m1/s1. The second kappa shape index (κ2) is 8.48. The van der Waals surface area contributed by atoms with Crippen LogP contribution in [0.1, 0.15) is 11.4 Å². The first-order valence-corrected chi connectivity index (χ1v) is 11.7. The first-order valence-electron chi connectivity index (χ1n) is 9.41. The maximum atomic E-state index is 13.0. The third-order valence-corrected chi connectivity index (χ3v) is 7.97. The van der Waals surface area contributed by atoms with Gasteiger partial charge in [0, 0.05) is 19.6 Å². The van der Waals surface area contributed by atoms with Gasteiger partial charge >= 0.3 is 12.1 Å². The molecule has 0 bridgehead atoms. The Kier molecular flexibility index (Phi) is 5.98. The SMILES string of the molecule is O=C(O)[C@H]1CN(c2nc3nc(CO)ncc3s2)CCN1S(=O)(=O)c1ccc(C(F)(F)F)cc1. The zero-order valence-corrected chi connectivity index (χ0v) is 18.2. The second-order valence-electron chi connectivity index (χ2n) is 7.07. The molecule has 33 heavy (non-hydrogen) atoms. The number of anilines is 1. The lowest BCUT2D eigenvalue weighted by molar-refractivity contribution is -0.141. The molecule has 10 nitrogen and oxygen atoms in total. The van der Waals surface area contributed by atoms with Crippen molar-refractivity contribution >= 4 is 42.8 Å². The molecule has 4 rings (SSSR count). The van der Waals surface area contributed by atoms with E-state index in [9.17, 15) is 31.5 Å². The van der Waals surface area contributed by atoms with Crippen molar-refractivity contribution < 1.29 is 36.6 Å². The Hall–Kier alpha value is -2.88. The summed E-state index contributed by atoms with van der Waals surface area (Å²) in [6, 6.07) is 1.42. The maximum absolute atomic E-state index is 13.0. The van der Waals surface area contributed by atoms with E-state index < -0.39 is 38.7 Å². The van der Waals surface area contributed by atoms with Gasteiger partial charge in [-0.15, -0.1) is 0 Å². The molecular formula is C18H16F3N5O5S2. The normalized spacial score (nSPS) is 18.1. The Morgan fingerprint density at radius 1 is 1.18 bits per heavy atom. The number of fused-ring (bicyclic) bond motifs is 1. The summed E-state index contributed by atoms with van der Waals surface area (Å²) in [5.74, 6) is -1.23. The fourth-order valence-corrected chi connectivity index (χ4v) is 5.83. The largest absolute Gasteiger partial charge is 0.480 e. The summed E-state index contributed by atoms with van der Waals surface area (Å²) in [4.78, 5) is 25.5. The van der Waals surface area contributed by atoms with E-state index >= 15 is 0 Å². The molecule has 0 unspecified atom stereocenters. The van der Waals surface area contributed by atoms with Crippen molar-refractivity contribution in [3.63, 3.8) is 0 Å². The van der Waals surface area contributed by atoms with Crippen LogP contribution < -0.4 is 4.90 Å². The van der Waals surface area contributed by atoms with E-state index in [2.05, 4.69) is 15.0 Å². The van der Waals surface area contributed by atoms with Crippen molar-refractivity contribution in [2.24, 2.45) is 0 Å². The molecule has 0 aliphatic carbocycles. The van der Waals surface area contributed by atoms with Crippen LogP contribution >= 0.6 is 11.3 Å². The summed E-state index contributed by atoms with van der Waals surface area (Å²) in [7, 11) is -4.37. The molecule has 2 N–H and O–H groups in total. The van der Waals surface area contributed by atoms with Crippen molar-refractivity contribution in [2.75, 3.05) is 24.5 Å². The number of piperazine rings is 1. The molecule has 1 fully saturated rings. The molecule has 1 aliphatic heterocycles. The third kappa shape index (κ3) is 4.48. The number of aromatic nitrogens is 3. The highest BCUT2D eigenvalue weighted by Gasteiger charge is 2.41. The number of carboxylic acids is 1. The van der Waals surface area contributed by atoms with Crippen LogP contribution in [0, 0.1) is 0 Å². The highest BCUT2D eigenvalue weighted by Crippen LogP contribution is 2.32. The van der Waals surface area contributed by atoms with E-state index in [1.54, 1.807) is 4.90 Å². The van der Waals surface area contributed by atoms with Gasteiger partial charge in [-0.25, -0.2) is 18.4 Å². The van der Waals surface area contributed by atoms with Gasteiger partial charge in [0.2, 0.25) is 10.0 Å². The number of carboxylic acid groups (broad SMARTS) is 1. The number of halogens is 3. The minimum Gasteiger partial charge on any atom is -0.480 e. The average molecular weight is 503 g/mol. The van der Waals surface area contributed by atoms with Gasteiger partial charge in [0.25, 0.3) is 0 Å². The summed E-state index contributed by atoms with van der Waals surface area (Å²) in [6.07, 6.45) is -3.15. The van der Waals surface area contributed by atoms with E-state index in [0.29, 0.717) is 27.6 Å². The summed E-state index contributed by atoms with van der Waals surface area (Å²) >= 11 is 1.19. The zero-order chi connectivity index (χ0) is 24.0. The molecule has 0 spiro atoms. The number of carbonyl (C=O) groups is 1. The predicted octanol–water partition coefficient (Wildman–Crippen LogP) is 1.56. The van der Waals surface area contributed by atoms with E-state index in [-0.39, 0.29) is 32.1 Å². The van der Waals surface area contributed by atoms with Crippen LogP contribution in [0.15, 0.2) is 35.4 Å². The van der Waals surface area contributed by atoms with E-state index in [0.717, 1.165) is 16.4 Å². The maximum Gasteiger partial charge on any atom is 0.416 e. The van der Waals surface area contributed by atoms with Crippen molar-refractivity contribution in [3.8, 4) is 0 Å². The summed E-state index contributed by atoms with van der Waals surface area (Å²) in [5.41, 5.74) is -0.690. The van der Waals surface area contributed by atoms with Gasteiger partial charge in [-0.1, -0.05) is 11.3 Å². The molecule has 1 saturated heterocycles. The topological polar surface area (TPSA) is 137 Å². The van der Waals surface area contributed by atoms with Crippen LogP contribution in [0.5, 0.6) is 0 Å². The molecule has 0 amide bonds. The van der Waals surface area contributed by atoms with Gasteiger partial charge in [0.15, 0.2) is 16.6 Å². The first-order chi connectivity index (χ1) is 15.5. The highest BCUT2D eigenvalue weighted by atomic mass is 32.2. The number of aliphatic carboxylic acids is 1. The van der Waals surface area contributed by atoms with Gasteiger partial charge in [-0.2, -0.15) is 22.5 Å². The molecule has 1 aliphatic rings. The number of rotatable bonds is 5. The van der Waals surface area contributed by atoms with E-state index in [4.69, 9.17) is 5.11 Å². The number of nitrogens with zero attached hydrogens (tertiary/aromatic N) is 5. The molecule has 2 aromatic heterocycles. The number of sulfonamides is 1. The molecular weight excluding hydrogens is 487 g/mol. The molecule has 3 aromatic rings. The minimum absolute atomic E-state index is 0.101. The fraction of sp³-hybridized carbons (Fsp3) is 0.333. The fourth-order valence-electron chi connectivity index (χ4n) is 3.35. The highest BCUT2D eigenvalue weighted by molar-refractivity contribution is 7.89. The van der Waals surface area contributed by atoms with Crippen LogP contribution in [-0.4, -0.2) is 69.5 Å². The molecule has 1 aromatic carbocycles. The lowest BCUT2D eigenvalue weighted by Gasteiger charge is -2.38. The number of alkyl halides is 3. The Balaban J connectivity index is 1.60. The van der Waals surface area contributed by atoms with Crippen molar-refractivity contribution in [1.82, 2.24) is 19.3 Å². The molecule has 176 valence electrons. The molecule has 0 radical (unpaired) electrons. The van der Waals surface area contributed by atoms with Gasteiger partial charge in [-0.3, -0.25) is 4.79 Å². The molecule has 0 saturated carbocycles. The van der Waals surface area contributed by atoms with Crippen LogP contribution in [0.4, 0.5) is 18.3 Å². The monoisotopic (exact) mass is 503 g/mol. The summed E-state index contributed by atoms with van der Waals surface area (Å²) in [6.45, 7) is -0.715. The zero-order valence-electron chi connectivity index (χ0n) is 16.6. The van der Waals surface area contributed by atoms with Gasteiger partial charge in [0.05, 0.1) is 21.4 Å². The van der Waals surface area contributed by atoms with Crippen molar-refractivity contribution in [3.05, 3.63) is 41.9 Å². The number of thiazole rings is 1. The van der Waals surface area contributed by atoms with Crippen LogP contribution in [0.25, 0.3) is 10.3 Å². The molecule has 3 heterocycles. The van der Waals surface area contributed by atoms with Crippen LogP contribution in [-0.2, 0) is 27.6 Å². The average Bonchev–Trinajstić information content (AvgIpc) is 3.21. The third-order valence-electron chi connectivity index (χ3n) is 5.01. The predicted molar refractivity (Wildman–Crippen MR) is 110 cm³/mol. The summed E-state index contributed by atoms with van der Waals surface area (Å²) in [5, 5.41) is 19.3. The molecule has 15 heteroatoms. The van der Waals surface area contributed by atoms with Crippen molar-refractivity contribution in [2.45, 2.75) is 23.7 Å². The van der Waals surface area contributed by atoms with Crippen molar-refractivity contribution in [1.29, 1.82) is 0 Å². The number of hydrogen-bond donors (Lipinski definition) is 2. The van der Waals surface area contributed by atoms with Gasteiger partial charge < -0.3 is 15.1 Å². The van der Waals surface area contributed by atoms with Crippen LogP contribution in [0.2, 0.25) is 0 Å². The second-order valence-corrected chi connectivity index (χ2v) is 9.97. The van der Waals surface area contributed by atoms with Crippen LogP contribution in [0.3, 0.4) is 0 Å². The first kappa shape index (κ1) is 23.3. The van der Waals surface area contributed by atoms with E-state index in [1.807, 2.05) is 0 Å². The Labute approximate surface area is 189 Å². The number of hydrogen-bond acceptors (Lipinski definition) is 9. The lowest BCUT2D eigenvalue weighted by atomic mass is 10.2. The van der Waals surface area contributed by atoms with E-state index in [1.165, 1.54) is 17.5 Å². The van der Waals surface area contributed by atoms with Gasteiger partial charge in [0.1, 0.15) is 12.6 Å². The Morgan fingerprint density at radius 3 is 2.48 bits per heavy atom. The quantitative estimate of drug-likeness (QED) is 0.531. The molecule has 1 atom stereocenters. The number of aliphatic hydroxyl groups excluding tert-OH is 1. The minimum atomic E-state index is -4.63. The lowest BCUT2D eigenvalue weighted by Crippen LogP contribution is -2.58. The van der Waals surface area contributed by atoms with Gasteiger partial charge in [-0.05, 0) is 24.3 Å². The smallest absolute Gasteiger partial charge is 0.416 e. The Bertz CT molecular complexity index is 1300.